The number of benzene rings is 3. The van der Waals surface area contributed by atoms with Crippen LogP contribution in [0, 0.1) is 0 Å². The minimum absolute atomic E-state index is 0.0191. The lowest BCUT2D eigenvalue weighted by molar-refractivity contribution is -0.148. The smallest absolute Gasteiger partial charge is 0.242 e. The van der Waals surface area contributed by atoms with Crippen LogP contribution in [0.1, 0.15) is 62.1 Å². The number of unbranched alkanes of at least 4 members (excludes halogenated alkanes) is 3. The first kappa shape index (κ1) is 59.1. The molecule has 0 unspecified atom stereocenters. The third-order valence-electron chi connectivity index (χ3n) is 11.2. The van der Waals surface area contributed by atoms with E-state index in [2.05, 4.69) is 15.0 Å². The number of aliphatic imine (C=N–C) groups is 3. The monoisotopic (exact) mass is 1010 g/mol. The molecule has 0 spiro atoms. The van der Waals surface area contributed by atoms with Gasteiger partial charge in [-0.25, -0.2) is 0 Å². The van der Waals surface area contributed by atoms with E-state index in [0.717, 1.165) is 11.1 Å². The van der Waals surface area contributed by atoms with E-state index in [1.165, 1.54) is 36.3 Å². The van der Waals surface area contributed by atoms with Crippen molar-refractivity contribution in [2.45, 2.75) is 65.1 Å². The molecule has 0 aliphatic carbocycles. The van der Waals surface area contributed by atoms with Gasteiger partial charge in [0, 0.05) is 65.8 Å². The molecule has 7 amide bonds. The van der Waals surface area contributed by atoms with E-state index >= 15 is 0 Å². The molecule has 73 heavy (non-hydrogen) atoms. The summed E-state index contributed by atoms with van der Waals surface area (Å²) in [5, 5.41) is 0. The Balaban J connectivity index is 1.98. The van der Waals surface area contributed by atoms with Gasteiger partial charge in [-0.05, 0) is 55.2 Å². The molecule has 0 fully saturated rings. The van der Waals surface area contributed by atoms with Crippen molar-refractivity contribution < 1.29 is 33.6 Å². The van der Waals surface area contributed by atoms with Gasteiger partial charge in [-0.3, -0.25) is 48.5 Å². The van der Waals surface area contributed by atoms with Crippen LogP contribution in [0.3, 0.4) is 0 Å². The van der Waals surface area contributed by atoms with Crippen molar-refractivity contribution in [3.05, 3.63) is 108 Å². The second-order valence-electron chi connectivity index (χ2n) is 17.3. The van der Waals surface area contributed by atoms with Gasteiger partial charge in [0.15, 0.2) is 17.9 Å². The predicted molar refractivity (Wildman–Crippen MR) is 280 cm³/mol. The van der Waals surface area contributed by atoms with Gasteiger partial charge in [-0.2, -0.15) is 0 Å². The van der Waals surface area contributed by atoms with Crippen molar-refractivity contribution >= 4 is 59.2 Å². The first-order valence-corrected chi connectivity index (χ1v) is 24.1. The second-order valence-corrected chi connectivity index (χ2v) is 17.3. The maximum atomic E-state index is 14.7. The minimum atomic E-state index is -0.743. The third kappa shape index (κ3) is 24.4. The van der Waals surface area contributed by atoms with Crippen LogP contribution in [0.5, 0.6) is 0 Å². The lowest BCUT2D eigenvalue weighted by Gasteiger charge is -2.32. The molecule has 0 radical (unpaired) electrons. The van der Waals surface area contributed by atoms with Gasteiger partial charge in [0.05, 0.1) is 26.2 Å². The Morgan fingerprint density at radius 3 is 0.904 bits per heavy atom. The molecule has 3 rings (SSSR count). The van der Waals surface area contributed by atoms with Crippen LogP contribution in [0.25, 0.3) is 0 Å². The molecule has 23 heteroatoms. The summed E-state index contributed by atoms with van der Waals surface area (Å²) in [6.07, 6.45) is 2.69. The topological polar surface area (TPSA) is 358 Å². The van der Waals surface area contributed by atoms with Gasteiger partial charge >= 0.3 is 0 Å². The largest absolute Gasteiger partial charge is 0.370 e. The summed E-state index contributed by atoms with van der Waals surface area (Å²) in [6, 6.07) is 27.0. The molecular weight excluding hydrogens is 937 g/mol. The highest BCUT2D eigenvalue weighted by molar-refractivity contribution is 5.92. The SMILES string of the molecule is CC(=O)N(CCCCN=C(N)N)CC(=O)N(CC(=O)N(CCCCN=C(N)N)CC(=O)N(CC(=O)N(CCCCN=C(N)N)CC(=O)N(CC(N)=O)Cc1ccccc1)Cc1ccccc1)Cc1ccccc1. The van der Waals surface area contributed by atoms with Gasteiger partial charge in [0.2, 0.25) is 41.4 Å². The fourth-order valence-corrected chi connectivity index (χ4v) is 7.41. The summed E-state index contributed by atoms with van der Waals surface area (Å²) in [6.45, 7) is -0.0143. The summed E-state index contributed by atoms with van der Waals surface area (Å²) in [5.41, 5.74) is 40.7. The Bertz CT molecular complexity index is 2310. The van der Waals surface area contributed by atoms with Crippen molar-refractivity contribution in [1.82, 2.24) is 29.4 Å². The van der Waals surface area contributed by atoms with E-state index in [1.54, 1.807) is 78.9 Å². The average Bonchev–Trinajstić information content (AvgIpc) is 3.34. The molecule has 0 aliphatic heterocycles. The molecule has 0 saturated heterocycles. The molecule has 23 nitrogen and oxygen atoms in total. The van der Waals surface area contributed by atoms with Crippen molar-refractivity contribution in [2.75, 3.05) is 78.5 Å². The molecule has 396 valence electrons. The summed E-state index contributed by atoms with van der Waals surface area (Å²) in [4.78, 5) is 117. The minimum Gasteiger partial charge on any atom is -0.370 e. The third-order valence-corrected chi connectivity index (χ3v) is 11.2. The zero-order chi connectivity index (χ0) is 53.5. The highest BCUT2D eigenvalue weighted by Gasteiger charge is 2.30. The summed E-state index contributed by atoms with van der Waals surface area (Å²) >= 11 is 0. The number of guanidine groups is 3. The van der Waals surface area contributed by atoms with Crippen molar-refractivity contribution in [1.29, 1.82) is 0 Å². The fourth-order valence-electron chi connectivity index (χ4n) is 7.41. The Labute approximate surface area is 427 Å². The molecule has 0 heterocycles. The van der Waals surface area contributed by atoms with Crippen LogP contribution >= 0.6 is 0 Å². The highest BCUT2D eigenvalue weighted by atomic mass is 16.2. The number of carbonyl (C=O) groups is 7. The molecule has 3 aromatic rings. The van der Waals surface area contributed by atoms with Crippen LogP contribution in [-0.4, -0.2) is 167 Å². The quantitative estimate of drug-likeness (QED) is 0.0224. The van der Waals surface area contributed by atoms with Crippen molar-refractivity contribution in [3.63, 3.8) is 0 Å². The van der Waals surface area contributed by atoms with E-state index in [-0.39, 0.29) is 82.7 Å². The van der Waals surface area contributed by atoms with Gasteiger partial charge in [-0.1, -0.05) is 91.0 Å². The van der Waals surface area contributed by atoms with E-state index in [9.17, 15) is 33.6 Å². The Hall–Kier alpha value is -8.24. The number of hydrogen-bond acceptors (Lipinski definition) is 10. The molecule has 0 aliphatic rings. The van der Waals surface area contributed by atoms with Crippen molar-refractivity contribution in [3.8, 4) is 0 Å². The first-order valence-electron chi connectivity index (χ1n) is 24.1. The zero-order valence-corrected chi connectivity index (χ0v) is 41.9. The lowest BCUT2D eigenvalue weighted by atomic mass is 10.2. The number of amides is 7. The predicted octanol–water partition coefficient (Wildman–Crippen LogP) is -0.775. The number of carbonyl (C=O) groups excluding carboxylic acids is 7. The first-order chi connectivity index (χ1) is 34.9. The van der Waals surface area contributed by atoms with Gasteiger partial charge in [-0.15, -0.1) is 0 Å². The number of hydrogen-bond donors (Lipinski definition) is 7. The molecular formula is C50H74N16O7. The van der Waals surface area contributed by atoms with E-state index in [1.807, 2.05) is 12.1 Å². The van der Waals surface area contributed by atoms with Crippen LogP contribution in [-0.2, 0) is 53.2 Å². The molecule has 0 atom stereocenters. The summed E-state index contributed by atoms with van der Waals surface area (Å²) in [7, 11) is 0. The van der Waals surface area contributed by atoms with Gasteiger partial charge in [0.1, 0.15) is 13.1 Å². The van der Waals surface area contributed by atoms with Crippen molar-refractivity contribution in [2.24, 2.45) is 55.1 Å². The lowest BCUT2D eigenvalue weighted by Crippen LogP contribution is -2.51. The molecule has 0 aromatic heterocycles. The van der Waals surface area contributed by atoms with Crippen LogP contribution < -0.4 is 40.1 Å². The summed E-state index contributed by atoms with van der Waals surface area (Å²) in [5.74, 6) is -4.14. The van der Waals surface area contributed by atoms with Gasteiger partial charge < -0.3 is 69.5 Å². The number of nitrogens with zero attached hydrogens (tertiary/aromatic N) is 9. The zero-order valence-electron chi connectivity index (χ0n) is 41.9. The number of primary amides is 1. The van der Waals surface area contributed by atoms with Crippen LogP contribution in [0.15, 0.2) is 106 Å². The maximum Gasteiger partial charge on any atom is 0.242 e. The fraction of sp³-hybridized carbons (Fsp3) is 0.440. The Kier molecular flexibility index (Phi) is 26.4. The highest BCUT2D eigenvalue weighted by Crippen LogP contribution is 2.13. The Morgan fingerprint density at radius 2 is 0.616 bits per heavy atom. The molecule has 0 bridgehead atoms. The normalized spacial score (nSPS) is 10.5. The van der Waals surface area contributed by atoms with E-state index < -0.39 is 68.2 Å². The maximum absolute atomic E-state index is 14.7. The van der Waals surface area contributed by atoms with Crippen LogP contribution in [0.2, 0.25) is 0 Å². The standard InChI is InChI=1S/C50H74N16O7/c1-38(67)61(26-14-11-23-58-48(52)53)33-45(71)65(30-40-19-7-3-8-20-40)36-43(69)63(28-16-13-25-60-50(56)57)35-47(73)66(31-41-21-9-4-10-22-41)37-44(70)62(27-15-12-24-59-49(54)55)34-46(72)64(32-42(51)68)29-39-17-5-2-6-18-39/h2-10,17-22H,11-16,23-37H2,1H3,(H2,51,68)(H4,52,53,58)(H4,54,55,59)(H4,56,57,60). The van der Waals surface area contributed by atoms with E-state index in [4.69, 9.17) is 40.1 Å². The second kappa shape index (κ2) is 32.6. The summed E-state index contributed by atoms with van der Waals surface area (Å²) < 4.78 is 0. The molecule has 0 saturated carbocycles. The molecule has 3 aromatic carbocycles. The van der Waals surface area contributed by atoms with Crippen LogP contribution in [0.4, 0.5) is 0 Å². The van der Waals surface area contributed by atoms with E-state index in [0.29, 0.717) is 50.6 Å². The Morgan fingerprint density at radius 1 is 0.356 bits per heavy atom. The van der Waals surface area contributed by atoms with Gasteiger partial charge in [0.25, 0.3) is 0 Å². The molecule has 14 N–H and O–H groups in total. The average molecular weight is 1010 g/mol. The number of nitrogens with two attached hydrogens (primary N) is 7. The number of rotatable bonds is 33.